The van der Waals surface area contributed by atoms with E-state index in [1.807, 2.05) is 13.0 Å². The number of esters is 1. The summed E-state index contributed by atoms with van der Waals surface area (Å²) in [5.74, 6) is -0.248. The first kappa shape index (κ1) is 9.87. The summed E-state index contributed by atoms with van der Waals surface area (Å²) in [5.41, 5.74) is 0.539. The SMILES string of the molecule is CCC1OC(=O)c2ccc(Cl)cc2S1. The quantitative estimate of drug-likeness (QED) is 0.690. The smallest absolute Gasteiger partial charge is 0.340 e. The summed E-state index contributed by atoms with van der Waals surface area (Å²) in [6, 6.07) is 5.22. The minimum absolute atomic E-state index is 0.0755. The van der Waals surface area contributed by atoms with Gasteiger partial charge in [0.2, 0.25) is 0 Å². The van der Waals surface area contributed by atoms with Crippen molar-refractivity contribution in [1.82, 2.24) is 0 Å². The van der Waals surface area contributed by atoms with Crippen LogP contribution in [0, 0.1) is 0 Å². The monoisotopic (exact) mass is 228 g/mol. The maximum Gasteiger partial charge on any atom is 0.340 e. The van der Waals surface area contributed by atoms with Crippen molar-refractivity contribution >= 4 is 29.3 Å². The normalized spacial score (nSPS) is 20.1. The lowest BCUT2D eigenvalue weighted by Crippen LogP contribution is -2.20. The number of hydrogen-bond donors (Lipinski definition) is 0. The number of hydrogen-bond acceptors (Lipinski definition) is 3. The molecule has 0 saturated heterocycles. The Morgan fingerprint density at radius 1 is 1.57 bits per heavy atom. The van der Waals surface area contributed by atoms with E-state index < -0.39 is 0 Å². The molecule has 0 N–H and O–H groups in total. The molecule has 14 heavy (non-hydrogen) atoms. The highest BCUT2D eigenvalue weighted by Gasteiger charge is 2.25. The fourth-order valence-electron chi connectivity index (χ4n) is 1.28. The van der Waals surface area contributed by atoms with E-state index in [9.17, 15) is 4.79 Å². The first-order chi connectivity index (χ1) is 6.70. The van der Waals surface area contributed by atoms with Gasteiger partial charge in [0.1, 0.15) is 0 Å². The lowest BCUT2D eigenvalue weighted by atomic mass is 10.2. The molecule has 1 aromatic carbocycles. The molecule has 0 spiro atoms. The zero-order chi connectivity index (χ0) is 10.1. The van der Waals surface area contributed by atoms with Gasteiger partial charge in [0.25, 0.3) is 0 Å². The highest BCUT2D eigenvalue weighted by molar-refractivity contribution is 8.00. The average molecular weight is 229 g/mol. The Labute approximate surface area is 91.6 Å². The van der Waals surface area contributed by atoms with E-state index >= 15 is 0 Å². The summed E-state index contributed by atoms with van der Waals surface area (Å²) in [4.78, 5) is 12.4. The van der Waals surface area contributed by atoms with Crippen LogP contribution in [0.5, 0.6) is 0 Å². The molecule has 1 aliphatic rings. The van der Waals surface area contributed by atoms with E-state index in [0.717, 1.165) is 11.3 Å². The maximum absolute atomic E-state index is 11.5. The Bertz CT molecular complexity index is 378. The second-order valence-corrected chi connectivity index (χ2v) is 4.64. The van der Waals surface area contributed by atoms with E-state index in [0.29, 0.717) is 10.6 Å². The summed E-state index contributed by atoms with van der Waals surface area (Å²) >= 11 is 7.40. The summed E-state index contributed by atoms with van der Waals surface area (Å²) < 4.78 is 5.18. The molecule has 0 aromatic heterocycles. The summed E-state index contributed by atoms with van der Waals surface area (Å²) in [7, 11) is 0. The Morgan fingerprint density at radius 3 is 3.07 bits per heavy atom. The van der Waals surface area contributed by atoms with Crippen molar-refractivity contribution in [3.05, 3.63) is 28.8 Å². The molecule has 0 bridgehead atoms. The van der Waals surface area contributed by atoms with Crippen molar-refractivity contribution in [2.45, 2.75) is 23.7 Å². The van der Waals surface area contributed by atoms with Crippen LogP contribution in [-0.2, 0) is 4.74 Å². The number of halogens is 1. The van der Waals surface area contributed by atoms with E-state index in [-0.39, 0.29) is 11.4 Å². The molecule has 1 unspecified atom stereocenters. The van der Waals surface area contributed by atoms with Crippen LogP contribution in [0.1, 0.15) is 23.7 Å². The first-order valence-electron chi connectivity index (χ1n) is 4.38. The minimum Gasteiger partial charge on any atom is -0.447 e. The van der Waals surface area contributed by atoms with Gasteiger partial charge in [-0.05, 0) is 24.6 Å². The Morgan fingerprint density at radius 2 is 2.36 bits per heavy atom. The summed E-state index contributed by atoms with van der Waals surface area (Å²) in [6.07, 6.45) is 0.808. The summed E-state index contributed by atoms with van der Waals surface area (Å²) in [5, 5.41) is 0.654. The van der Waals surface area contributed by atoms with Crippen LogP contribution in [0.25, 0.3) is 0 Å². The Kier molecular flexibility index (Phi) is 2.70. The molecule has 1 aliphatic heterocycles. The molecule has 2 rings (SSSR count). The van der Waals surface area contributed by atoms with E-state index in [1.54, 1.807) is 23.9 Å². The topological polar surface area (TPSA) is 26.3 Å². The average Bonchev–Trinajstić information content (AvgIpc) is 2.16. The highest BCUT2D eigenvalue weighted by atomic mass is 35.5. The third-order valence-corrected chi connectivity index (χ3v) is 3.51. The van der Waals surface area contributed by atoms with Crippen LogP contribution >= 0.6 is 23.4 Å². The van der Waals surface area contributed by atoms with Gasteiger partial charge in [-0.15, -0.1) is 0 Å². The minimum atomic E-state index is -0.248. The molecule has 74 valence electrons. The third kappa shape index (κ3) is 1.74. The Balaban J connectivity index is 2.40. The van der Waals surface area contributed by atoms with Crippen LogP contribution in [-0.4, -0.2) is 11.4 Å². The van der Waals surface area contributed by atoms with E-state index in [1.165, 1.54) is 0 Å². The molecule has 4 heteroatoms. The van der Waals surface area contributed by atoms with Gasteiger partial charge in [0.15, 0.2) is 5.44 Å². The van der Waals surface area contributed by atoms with Crippen molar-refractivity contribution in [3.63, 3.8) is 0 Å². The number of cyclic esters (lactones) is 1. The second-order valence-electron chi connectivity index (χ2n) is 3.00. The van der Waals surface area contributed by atoms with E-state index in [2.05, 4.69) is 0 Å². The fraction of sp³-hybridized carbons (Fsp3) is 0.300. The van der Waals surface area contributed by atoms with Crippen molar-refractivity contribution in [3.8, 4) is 0 Å². The molecule has 1 atom stereocenters. The largest absolute Gasteiger partial charge is 0.447 e. The van der Waals surface area contributed by atoms with Gasteiger partial charge in [0, 0.05) is 9.92 Å². The zero-order valence-corrected chi connectivity index (χ0v) is 9.19. The zero-order valence-electron chi connectivity index (χ0n) is 7.62. The predicted octanol–water partition coefficient (Wildman–Crippen LogP) is 3.34. The van der Waals surface area contributed by atoms with Crippen molar-refractivity contribution in [2.24, 2.45) is 0 Å². The number of rotatable bonds is 1. The van der Waals surface area contributed by atoms with Gasteiger partial charge in [-0.25, -0.2) is 4.79 Å². The molecule has 1 aromatic rings. The predicted molar refractivity (Wildman–Crippen MR) is 56.8 cm³/mol. The van der Waals surface area contributed by atoms with Crippen LogP contribution < -0.4 is 0 Å². The molecular formula is C10H9ClO2S. The van der Waals surface area contributed by atoms with Crippen molar-refractivity contribution in [2.75, 3.05) is 0 Å². The van der Waals surface area contributed by atoms with Gasteiger partial charge >= 0.3 is 5.97 Å². The highest BCUT2D eigenvalue weighted by Crippen LogP contribution is 2.36. The van der Waals surface area contributed by atoms with Crippen LogP contribution in [0.2, 0.25) is 5.02 Å². The van der Waals surface area contributed by atoms with Crippen LogP contribution in [0.4, 0.5) is 0 Å². The molecule has 0 aliphatic carbocycles. The van der Waals surface area contributed by atoms with Crippen molar-refractivity contribution < 1.29 is 9.53 Å². The molecule has 1 heterocycles. The number of ether oxygens (including phenoxy) is 1. The first-order valence-corrected chi connectivity index (χ1v) is 5.63. The van der Waals surface area contributed by atoms with Crippen molar-refractivity contribution in [1.29, 1.82) is 0 Å². The van der Waals surface area contributed by atoms with Gasteiger partial charge in [0.05, 0.1) is 5.56 Å². The molecule has 0 saturated carbocycles. The molecule has 0 radical (unpaired) electrons. The second kappa shape index (κ2) is 3.83. The Hall–Kier alpha value is -0.670. The molecular weight excluding hydrogens is 220 g/mol. The van der Waals surface area contributed by atoms with Gasteiger partial charge < -0.3 is 4.74 Å². The summed E-state index contributed by atoms with van der Waals surface area (Å²) in [6.45, 7) is 1.99. The number of carbonyl (C=O) groups is 1. The van der Waals surface area contributed by atoms with E-state index in [4.69, 9.17) is 16.3 Å². The van der Waals surface area contributed by atoms with Gasteiger partial charge in [-0.3, -0.25) is 0 Å². The number of carbonyl (C=O) groups excluding carboxylic acids is 1. The number of benzene rings is 1. The van der Waals surface area contributed by atoms with Gasteiger partial charge in [-0.2, -0.15) is 0 Å². The van der Waals surface area contributed by atoms with Crippen LogP contribution in [0.15, 0.2) is 23.1 Å². The standard InChI is InChI=1S/C10H9ClO2S/c1-2-9-13-10(12)7-4-3-6(11)5-8(7)14-9/h3-5,9H,2H2,1H3. The molecule has 0 fully saturated rings. The molecule has 2 nitrogen and oxygen atoms in total. The maximum atomic E-state index is 11.5. The van der Waals surface area contributed by atoms with Crippen LogP contribution in [0.3, 0.4) is 0 Å². The number of fused-ring (bicyclic) bond motifs is 1. The lowest BCUT2D eigenvalue weighted by molar-refractivity contribution is 0.0437. The lowest BCUT2D eigenvalue weighted by Gasteiger charge is -2.22. The fourth-order valence-corrected chi connectivity index (χ4v) is 2.57. The third-order valence-electron chi connectivity index (χ3n) is 1.99. The number of thioether (sulfide) groups is 1. The van der Waals surface area contributed by atoms with Gasteiger partial charge in [-0.1, -0.05) is 30.3 Å². The molecule has 0 amide bonds.